The molecule has 1 saturated heterocycles. The lowest BCUT2D eigenvalue weighted by atomic mass is 10.2. The highest BCUT2D eigenvalue weighted by Crippen LogP contribution is 2.20. The Morgan fingerprint density at radius 2 is 1.79 bits per heavy atom. The van der Waals surface area contributed by atoms with Crippen molar-refractivity contribution in [3.05, 3.63) is 24.3 Å². The molecule has 29 heavy (non-hydrogen) atoms. The highest BCUT2D eigenvalue weighted by Gasteiger charge is 2.19. The first-order chi connectivity index (χ1) is 13.7. The van der Waals surface area contributed by atoms with E-state index < -0.39 is 0 Å². The van der Waals surface area contributed by atoms with E-state index in [1.807, 2.05) is 12.1 Å². The third kappa shape index (κ3) is 8.96. The van der Waals surface area contributed by atoms with Gasteiger partial charge in [-0.3, -0.25) is 4.99 Å². The molecule has 0 radical (unpaired) electrons. The van der Waals surface area contributed by atoms with Crippen molar-refractivity contribution in [2.75, 3.05) is 85.1 Å². The second kappa shape index (κ2) is 14.7. The van der Waals surface area contributed by atoms with Crippen molar-refractivity contribution < 1.29 is 9.47 Å². The molecule has 1 aromatic rings. The van der Waals surface area contributed by atoms with Gasteiger partial charge < -0.3 is 29.5 Å². The second-order valence-corrected chi connectivity index (χ2v) is 7.06. The molecule has 8 heteroatoms. The smallest absolute Gasteiger partial charge is 0.194 e. The van der Waals surface area contributed by atoms with Crippen LogP contribution >= 0.6 is 24.0 Å². The largest absolute Gasteiger partial charge is 0.497 e. The lowest BCUT2D eigenvalue weighted by Crippen LogP contribution is -2.52. The lowest BCUT2D eigenvalue weighted by Gasteiger charge is -2.37. The average molecular weight is 519 g/mol. The van der Waals surface area contributed by atoms with Crippen LogP contribution in [-0.2, 0) is 4.74 Å². The van der Waals surface area contributed by atoms with Gasteiger partial charge in [0, 0.05) is 58.6 Å². The number of ether oxygens (including phenoxy) is 2. The summed E-state index contributed by atoms with van der Waals surface area (Å²) in [5.41, 5.74) is 1.25. The molecule has 166 valence electrons. The summed E-state index contributed by atoms with van der Waals surface area (Å²) in [5, 5.41) is 3.45. The summed E-state index contributed by atoms with van der Waals surface area (Å²) in [6.45, 7) is 10.6. The van der Waals surface area contributed by atoms with Gasteiger partial charge in [-0.1, -0.05) is 0 Å². The van der Waals surface area contributed by atoms with Gasteiger partial charge in [-0.15, -0.1) is 24.0 Å². The van der Waals surface area contributed by atoms with Crippen LogP contribution in [0, 0.1) is 0 Å². The predicted octanol–water partition coefficient (Wildman–Crippen LogP) is 2.37. The fourth-order valence-corrected chi connectivity index (χ4v) is 3.28. The second-order valence-electron chi connectivity index (χ2n) is 7.06. The van der Waals surface area contributed by atoms with E-state index in [-0.39, 0.29) is 24.0 Å². The summed E-state index contributed by atoms with van der Waals surface area (Å²) < 4.78 is 10.4. The number of halogens is 1. The van der Waals surface area contributed by atoms with E-state index in [0.717, 1.165) is 77.1 Å². The molecule has 2 rings (SSSR count). The third-order valence-corrected chi connectivity index (χ3v) is 4.99. The number of piperazine rings is 1. The van der Waals surface area contributed by atoms with Crippen molar-refractivity contribution in [2.45, 2.75) is 13.3 Å². The first-order valence-corrected chi connectivity index (χ1v) is 10.3. The highest BCUT2D eigenvalue weighted by atomic mass is 127. The third-order valence-electron chi connectivity index (χ3n) is 4.99. The van der Waals surface area contributed by atoms with Gasteiger partial charge in [-0.2, -0.15) is 0 Å². The fraction of sp³-hybridized carbons (Fsp3) is 0.667. The van der Waals surface area contributed by atoms with Crippen molar-refractivity contribution in [3.8, 4) is 5.75 Å². The van der Waals surface area contributed by atoms with Crippen LogP contribution in [-0.4, -0.2) is 96.0 Å². The summed E-state index contributed by atoms with van der Waals surface area (Å²) in [7, 11) is 5.58. The molecule has 0 unspecified atom stereocenters. The molecular weight excluding hydrogens is 481 g/mol. The lowest BCUT2D eigenvalue weighted by molar-refractivity contribution is 0.161. The quantitative estimate of drug-likeness (QED) is 0.222. The maximum atomic E-state index is 5.25. The normalized spacial score (nSPS) is 14.7. The van der Waals surface area contributed by atoms with Crippen molar-refractivity contribution >= 4 is 35.6 Å². The Morgan fingerprint density at radius 3 is 2.38 bits per heavy atom. The molecule has 0 aliphatic carbocycles. The molecule has 0 spiro atoms. The minimum atomic E-state index is 0. The summed E-state index contributed by atoms with van der Waals surface area (Å²) in [6.07, 6.45) is 1.06. The summed E-state index contributed by atoms with van der Waals surface area (Å²) in [6, 6.07) is 8.31. The molecule has 1 heterocycles. The van der Waals surface area contributed by atoms with Crippen LogP contribution < -0.4 is 15.0 Å². The van der Waals surface area contributed by atoms with Crippen molar-refractivity contribution in [1.29, 1.82) is 0 Å². The number of aliphatic imine (C=N–C) groups is 1. The Bertz CT molecular complexity index is 577. The van der Waals surface area contributed by atoms with E-state index in [2.05, 4.69) is 46.1 Å². The van der Waals surface area contributed by atoms with Crippen LogP contribution in [0.25, 0.3) is 0 Å². The minimum absolute atomic E-state index is 0. The topological polar surface area (TPSA) is 52.6 Å². The molecular formula is C21H38IN5O2. The molecule has 1 aliphatic rings. The van der Waals surface area contributed by atoms with E-state index in [1.54, 1.807) is 14.2 Å². The van der Waals surface area contributed by atoms with Crippen LogP contribution in [0.3, 0.4) is 0 Å². The standard InChI is InChI=1S/C21H37N5O2.HI/c1-5-22-21(23-11-6-12-24(2)17-18-27-3)26-15-13-25(14-16-26)19-7-9-20(28-4)10-8-19;/h7-10H,5-6,11-18H2,1-4H3,(H,22,23);1H. The summed E-state index contributed by atoms with van der Waals surface area (Å²) in [4.78, 5) is 11.9. The van der Waals surface area contributed by atoms with Gasteiger partial charge >= 0.3 is 0 Å². The maximum absolute atomic E-state index is 5.25. The zero-order valence-electron chi connectivity index (χ0n) is 18.4. The Labute approximate surface area is 193 Å². The first kappa shape index (κ1) is 25.8. The Kier molecular flexibility index (Phi) is 13.0. The molecule has 1 aromatic carbocycles. The van der Waals surface area contributed by atoms with Gasteiger partial charge in [0.05, 0.1) is 13.7 Å². The molecule has 1 aliphatic heterocycles. The van der Waals surface area contributed by atoms with E-state index in [4.69, 9.17) is 14.5 Å². The molecule has 0 bridgehead atoms. The molecule has 7 nitrogen and oxygen atoms in total. The van der Waals surface area contributed by atoms with Gasteiger partial charge in [-0.25, -0.2) is 0 Å². The summed E-state index contributed by atoms with van der Waals surface area (Å²) >= 11 is 0. The molecule has 1 fully saturated rings. The Balaban J connectivity index is 0.00000420. The molecule has 0 amide bonds. The fourth-order valence-electron chi connectivity index (χ4n) is 3.28. The van der Waals surface area contributed by atoms with Crippen LogP contribution in [0.2, 0.25) is 0 Å². The van der Waals surface area contributed by atoms with Gasteiger partial charge in [0.15, 0.2) is 5.96 Å². The number of nitrogens with zero attached hydrogens (tertiary/aromatic N) is 4. The first-order valence-electron chi connectivity index (χ1n) is 10.3. The van der Waals surface area contributed by atoms with Crippen LogP contribution in [0.4, 0.5) is 5.69 Å². The van der Waals surface area contributed by atoms with Gasteiger partial charge in [-0.05, 0) is 51.2 Å². The number of hydrogen-bond donors (Lipinski definition) is 1. The molecule has 0 saturated carbocycles. The number of anilines is 1. The van der Waals surface area contributed by atoms with Crippen molar-refractivity contribution in [2.24, 2.45) is 4.99 Å². The highest BCUT2D eigenvalue weighted by molar-refractivity contribution is 14.0. The van der Waals surface area contributed by atoms with Gasteiger partial charge in [0.1, 0.15) is 5.75 Å². The van der Waals surface area contributed by atoms with Crippen LogP contribution in [0.15, 0.2) is 29.3 Å². The zero-order chi connectivity index (χ0) is 20.2. The van der Waals surface area contributed by atoms with Crippen molar-refractivity contribution in [1.82, 2.24) is 15.1 Å². The van der Waals surface area contributed by atoms with E-state index in [9.17, 15) is 0 Å². The van der Waals surface area contributed by atoms with E-state index in [1.165, 1.54) is 5.69 Å². The Morgan fingerprint density at radius 1 is 1.10 bits per heavy atom. The molecule has 0 aromatic heterocycles. The average Bonchev–Trinajstić information content (AvgIpc) is 2.74. The van der Waals surface area contributed by atoms with E-state index in [0.29, 0.717) is 0 Å². The minimum Gasteiger partial charge on any atom is -0.497 e. The van der Waals surface area contributed by atoms with Gasteiger partial charge in [0.2, 0.25) is 0 Å². The van der Waals surface area contributed by atoms with E-state index >= 15 is 0 Å². The summed E-state index contributed by atoms with van der Waals surface area (Å²) in [5.74, 6) is 1.94. The number of hydrogen-bond acceptors (Lipinski definition) is 5. The number of nitrogens with one attached hydrogen (secondary N) is 1. The monoisotopic (exact) mass is 519 g/mol. The van der Waals surface area contributed by atoms with Crippen LogP contribution in [0.1, 0.15) is 13.3 Å². The number of methoxy groups -OCH3 is 2. The number of benzene rings is 1. The zero-order valence-corrected chi connectivity index (χ0v) is 20.7. The maximum Gasteiger partial charge on any atom is 0.194 e. The SMILES string of the molecule is CCNC(=NCCCN(C)CCOC)N1CCN(c2ccc(OC)cc2)CC1.I. The number of rotatable bonds is 10. The predicted molar refractivity (Wildman–Crippen MR) is 132 cm³/mol. The molecule has 1 N–H and O–H groups in total. The van der Waals surface area contributed by atoms with Crippen molar-refractivity contribution in [3.63, 3.8) is 0 Å². The number of likely N-dealkylation sites (N-methyl/N-ethyl adjacent to an activating group) is 1. The Hall–Kier alpha value is -1.26. The molecule has 0 atom stereocenters. The van der Waals surface area contributed by atoms with Gasteiger partial charge in [0.25, 0.3) is 0 Å². The number of guanidine groups is 1. The van der Waals surface area contributed by atoms with Crippen LogP contribution in [0.5, 0.6) is 5.75 Å².